The van der Waals surface area contributed by atoms with Crippen LogP contribution in [0.1, 0.15) is 40.1 Å². The molecule has 0 radical (unpaired) electrons. The average molecular weight is 338 g/mol. The molecular formula is C18H18N4OS. The molecule has 2 aromatic heterocycles. The van der Waals surface area contributed by atoms with E-state index in [1.807, 2.05) is 42.2 Å². The summed E-state index contributed by atoms with van der Waals surface area (Å²) in [5.41, 5.74) is 6.70. The van der Waals surface area contributed by atoms with Crippen LogP contribution in [-0.4, -0.2) is 27.3 Å². The molecule has 1 atom stereocenters. The minimum Gasteiger partial charge on any atom is -0.384 e. The lowest BCUT2D eigenvalue weighted by atomic mass is 10.1. The topological polar surface area (TPSA) is 72.1 Å². The van der Waals surface area contributed by atoms with Crippen LogP contribution < -0.4 is 5.73 Å². The Morgan fingerprint density at radius 2 is 2.12 bits per heavy atom. The van der Waals surface area contributed by atoms with Gasteiger partial charge in [0.25, 0.3) is 5.91 Å². The summed E-state index contributed by atoms with van der Waals surface area (Å²) in [6, 6.07) is 11.8. The largest absolute Gasteiger partial charge is 0.384 e. The fraction of sp³-hybridized carbons (Fsp3) is 0.278. The second-order valence-electron chi connectivity index (χ2n) is 6.07. The first-order valence-electron chi connectivity index (χ1n) is 8.02. The van der Waals surface area contributed by atoms with Gasteiger partial charge in [-0.05, 0) is 37.3 Å². The van der Waals surface area contributed by atoms with Crippen molar-refractivity contribution in [1.82, 2.24) is 14.9 Å². The lowest BCUT2D eigenvalue weighted by Crippen LogP contribution is -2.30. The summed E-state index contributed by atoms with van der Waals surface area (Å²) in [6.45, 7) is 2.58. The number of rotatable bonds is 2. The van der Waals surface area contributed by atoms with E-state index in [1.54, 1.807) is 17.4 Å². The molecule has 5 nitrogen and oxygen atoms in total. The zero-order chi connectivity index (χ0) is 16.7. The molecular weight excluding hydrogens is 320 g/mol. The predicted octanol–water partition coefficient (Wildman–Crippen LogP) is 3.56. The molecule has 0 unspecified atom stereocenters. The first-order chi connectivity index (χ1) is 11.6. The predicted molar refractivity (Wildman–Crippen MR) is 96.0 cm³/mol. The van der Waals surface area contributed by atoms with E-state index in [0.29, 0.717) is 11.6 Å². The first-order valence-corrected chi connectivity index (χ1v) is 8.84. The van der Waals surface area contributed by atoms with Gasteiger partial charge in [-0.25, -0.2) is 9.97 Å². The number of nitrogens with two attached hydrogens (primary N) is 1. The molecule has 122 valence electrons. The smallest absolute Gasteiger partial charge is 0.264 e. The number of carbonyl (C=O) groups excluding carboxylic acids is 1. The van der Waals surface area contributed by atoms with Crippen molar-refractivity contribution in [3.8, 4) is 0 Å². The van der Waals surface area contributed by atoms with Crippen molar-refractivity contribution in [3.05, 3.63) is 52.8 Å². The van der Waals surface area contributed by atoms with E-state index in [0.717, 1.165) is 40.0 Å². The standard InChI is InChI=1S/C18H18N4OS/c1-11-20-13(10-17(19)21-11)14-6-4-8-22(14)18(23)16-9-12-5-2-3-7-15(12)24-16/h2-3,5,7,9-10,14H,4,6,8H2,1H3,(H2,19,20,21)/t14-/m0/s1. The molecule has 2 N–H and O–H groups in total. The Kier molecular flexibility index (Phi) is 3.69. The molecule has 3 heterocycles. The first kappa shape index (κ1) is 15.1. The molecule has 1 saturated heterocycles. The number of nitrogen functional groups attached to an aromatic ring is 1. The van der Waals surface area contributed by atoms with Gasteiger partial charge < -0.3 is 10.6 Å². The van der Waals surface area contributed by atoms with Gasteiger partial charge in [0.05, 0.1) is 16.6 Å². The van der Waals surface area contributed by atoms with Gasteiger partial charge in [-0.3, -0.25) is 4.79 Å². The molecule has 0 spiro atoms. The second-order valence-corrected chi connectivity index (χ2v) is 7.15. The molecule has 3 aromatic rings. The van der Waals surface area contributed by atoms with Crippen molar-refractivity contribution in [3.63, 3.8) is 0 Å². The van der Waals surface area contributed by atoms with Gasteiger partial charge in [0.15, 0.2) is 0 Å². The molecule has 1 amide bonds. The molecule has 0 saturated carbocycles. The van der Waals surface area contributed by atoms with Crippen LogP contribution in [0.25, 0.3) is 10.1 Å². The highest BCUT2D eigenvalue weighted by atomic mass is 32.1. The minimum atomic E-state index is -0.0216. The van der Waals surface area contributed by atoms with Crippen molar-refractivity contribution >= 4 is 33.1 Å². The third-order valence-corrected chi connectivity index (χ3v) is 5.47. The number of carbonyl (C=O) groups is 1. The third-order valence-electron chi connectivity index (χ3n) is 4.37. The van der Waals surface area contributed by atoms with Crippen LogP contribution in [0.5, 0.6) is 0 Å². The highest BCUT2D eigenvalue weighted by Gasteiger charge is 2.32. The molecule has 0 bridgehead atoms. The fourth-order valence-electron chi connectivity index (χ4n) is 3.33. The highest BCUT2D eigenvalue weighted by molar-refractivity contribution is 7.20. The Balaban J connectivity index is 1.67. The van der Waals surface area contributed by atoms with E-state index < -0.39 is 0 Å². The van der Waals surface area contributed by atoms with Crippen molar-refractivity contribution in [2.75, 3.05) is 12.3 Å². The van der Waals surface area contributed by atoms with Crippen LogP contribution in [0.2, 0.25) is 0 Å². The molecule has 1 aromatic carbocycles. The van der Waals surface area contributed by atoms with Crippen molar-refractivity contribution in [2.24, 2.45) is 0 Å². The summed E-state index contributed by atoms with van der Waals surface area (Å²) in [5.74, 6) is 1.18. The van der Waals surface area contributed by atoms with Gasteiger partial charge in [-0.1, -0.05) is 18.2 Å². The highest BCUT2D eigenvalue weighted by Crippen LogP contribution is 2.35. The molecule has 24 heavy (non-hydrogen) atoms. The molecule has 6 heteroatoms. The Labute approximate surface area is 144 Å². The van der Waals surface area contributed by atoms with Crippen molar-refractivity contribution in [1.29, 1.82) is 0 Å². The zero-order valence-corrected chi connectivity index (χ0v) is 14.2. The van der Waals surface area contributed by atoms with Crippen molar-refractivity contribution in [2.45, 2.75) is 25.8 Å². The summed E-state index contributed by atoms with van der Waals surface area (Å²) in [7, 11) is 0. The fourth-order valence-corrected chi connectivity index (χ4v) is 4.35. The van der Waals surface area contributed by atoms with Gasteiger partial charge in [-0.2, -0.15) is 0 Å². The number of thiophene rings is 1. The molecule has 1 aliphatic heterocycles. The maximum Gasteiger partial charge on any atom is 0.264 e. The number of benzene rings is 1. The number of likely N-dealkylation sites (tertiary alicyclic amines) is 1. The van der Waals surface area contributed by atoms with Gasteiger partial charge >= 0.3 is 0 Å². The second kappa shape index (κ2) is 5.87. The zero-order valence-electron chi connectivity index (χ0n) is 13.4. The van der Waals surface area contributed by atoms with Gasteiger partial charge in [-0.15, -0.1) is 11.3 Å². The normalized spacial score (nSPS) is 17.5. The van der Waals surface area contributed by atoms with E-state index in [1.165, 1.54) is 0 Å². The summed E-state index contributed by atoms with van der Waals surface area (Å²) in [4.78, 5) is 24.4. The molecule has 1 aliphatic rings. The Morgan fingerprint density at radius 3 is 2.92 bits per heavy atom. The van der Waals surface area contributed by atoms with Gasteiger partial charge in [0.1, 0.15) is 11.6 Å². The van der Waals surface area contributed by atoms with Crippen LogP contribution in [0.4, 0.5) is 5.82 Å². The number of hydrogen-bond acceptors (Lipinski definition) is 5. The number of hydrogen-bond donors (Lipinski definition) is 1. The SMILES string of the molecule is Cc1nc(N)cc([C@@H]2CCCN2C(=O)c2cc3ccccc3s2)n1. The molecule has 0 aliphatic carbocycles. The lowest BCUT2D eigenvalue weighted by Gasteiger charge is -2.24. The Morgan fingerprint density at radius 1 is 1.29 bits per heavy atom. The van der Waals surface area contributed by atoms with Crippen LogP contribution in [0.3, 0.4) is 0 Å². The summed E-state index contributed by atoms with van der Waals surface area (Å²) < 4.78 is 1.14. The number of fused-ring (bicyclic) bond motifs is 1. The summed E-state index contributed by atoms with van der Waals surface area (Å²) in [5, 5.41) is 1.11. The number of amides is 1. The summed E-state index contributed by atoms with van der Waals surface area (Å²) in [6.07, 6.45) is 1.89. The van der Waals surface area contributed by atoms with Crippen LogP contribution in [0, 0.1) is 6.92 Å². The number of anilines is 1. The minimum absolute atomic E-state index is 0.0216. The average Bonchev–Trinajstić information content (AvgIpc) is 3.20. The van der Waals surface area contributed by atoms with Crippen molar-refractivity contribution < 1.29 is 4.79 Å². The van der Waals surface area contributed by atoms with E-state index in [4.69, 9.17) is 5.73 Å². The van der Waals surface area contributed by atoms with Crippen LogP contribution >= 0.6 is 11.3 Å². The Hall–Kier alpha value is -2.47. The third kappa shape index (κ3) is 2.63. The molecule has 4 rings (SSSR count). The molecule has 1 fully saturated rings. The van der Waals surface area contributed by atoms with E-state index in [2.05, 4.69) is 9.97 Å². The maximum absolute atomic E-state index is 13.0. The van der Waals surface area contributed by atoms with E-state index in [-0.39, 0.29) is 11.9 Å². The quantitative estimate of drug-likeness (QED) is 0.775. The number of aryl methyl sites for hydroxylation is 1. The van der Waals surface area contributed by atoms with Crippen LogP contribution in [0.15, 0.2) is 36.4 Å². The number of nitrogens with zero attached hydrogens (tertiary/aromatic N) is 3. The summed E-state index contributed by atoms with van der Waals surface area (Å²) >= 11 is 1.55. The van der Waals surface area contributed by atoms with Gasteiger partial charge in [0.2, 0.25) is 0 Å². The maximum atomic E-state index is 13.0. The van der Waals surface area contributed by atoms with Crippen LogP contribution in [-0.2, 0) is 0 Å². The van der Waals surface area contributed by atoms with Gasteiger partial charge in [0, 0.05) is 17.3 Å². The Bertz CT molecular complexity index is 867. The lowest BCUT2D eigenvalue weighted by molar-refractivity contribution is 0.0737. The number of aromatic nitrogens is 2. The van der Waals surface area contributed by atoms with E-state index in [9.17, 15) is 4.79 Å². The van der Waals surface area contributed by atoms with E-state index >= 15 is 0 Å². The monoisotopic (exact) mass is 338 g/mol.